The molecule has 2 atom stereocenters. The molecule has 0 spiro atoms. The fourth-order valence-electron chi connectivity index (χ4n) is 1.81. The molecular weight excluding hydrogens is 226 g/mol. The van der Waals surface area contributed by atoms with Crippen LogP contribution < -0.4 is 0 Å². The molecule has 0 aromatic heterocycles. The third-order valence-electron chi connectivity index (χ3n) is 2.49. The van der Waals surface area contributed by atoms with Gasteiger partial charge in [-0.15, -0.1) is 0 Å². The van der Waals surface area contributed by atoms with E-state index in [1.807, 2.05) is 0 Å². The van der Waals surface area contributed by atoms with Crippen LogP contribution in [0.5, 0.6) is 0 Å². The van der Waals surface area contributed by atoms with E-state index in [0.29, 0.717) is 12.8 Å². The van der Waals surface area contributed by atoms with E-state index in [9.17, 15) is 9.59 Å². The van der Waals surface area contributed by atoms with Crippen LogP contribution in [0.4, 0.5) is 4.79 Å². The Kier molecular flexibility index (Phi) is 3.98. The molecule has 0 aromatic carbocycles. The first-order valence-corrected chi connectivity index (χ1v) is 5.53. The number of rotatable bonds is 2. The van der Waals surface area contributed by atoms with Gasteiger partial charge >= 0.3 is 12.1 Å². The van der Waals surface area contributed by atoms with Crippen LogP contribution in [-0.2, 0) is 14.3 Å². The maximum atomic E-state index is 11.9. The number of carboxylic acid groups (broad SMARTS) is 1. The summed E-state index contributed by atoms with van der Waals surface area (Å²) in [5.74, 6) is -1.03. The second-order valence-corrected chi connectivity index (χ2v) is 5.01. The molecular formula is C11H19NO5. The Balaban J connectivity index is 2.82. The van der Waals surface area contributed by atoms with Crippen LogP contribution in [0.25, 0.3) is 0 Å². The van der Waals surface area contributed by atoms with Crippen molar-refractivity contribution in [2.24, 2.45) is 0 Å². The number of likely N-dealkylation sites (tertiary alicyclic amines) is 1. The van der Waals surface area contributed by atoms with Crippen molar-refractivity contribution in [1.29, 1.82) is 0 Å². The molecule has 1 saturated heterocycles. The summed E-state index contributed by atoms with van der Waals surface area (Å²) in [5.41, 5.74) is -0.652. The lowest BCUT2D eigenvalue weighted by atomic mass is 10.2. The number of amides is 1. The minimum absolute atomic E-state index is 0.382. The largest absolute Gasteiger partial charge is 0.480 e. The minimum Gasteiger partial charge on any atom is -0.480 e. The number of aliphatic carboxylic acids is 1. The van der Waals surface area contributed by atoms with Gasteiger partial charge in [0.25, 0.3) is 0 Å². The first-order valence-electron chi connectivity index (χ1n) is 5.53. The molecule has 0 radical (unpaired) electrons. The maximum absolute atomic E-state index is 11.9. The monoisotopic (exact) mass is 245 g/mol. The van der Waals surface area contributed by atoms with Gasteiger partial charge in [-0.2, -0.15) is 0 Å². The van der Waals surface area contributed by atoms with E-state index in [4.69, 9.17) is 14.6 Å². The Hall–Kier alpha value is -1.30. The zero-order valence-corrected chi connectivity index (χ0v) is 10.6. The summed E-state index contributed by atoms with van der Waals surface area (Å²) >= 11 is 0. The highest BCUT2D eigenvalue weighted by Gasteiger charge is 2.43. The van der Waals surface area contributed by atoms with E-state index in [2.05, 4.69) is 0 Å². The molecule has 0 aromatic rings. The van der Waals surface area contributed by atoms with Gasteiger partial charge in [0.05, 0.1) is 0 Å². The number of ether oxygens (including phenoxy) is 2. The molecule has 6 heteroatoms. The van der Waals surface area contributed by atoms with E-state index in [1.54, 1.807) is 20.8 Å². The van der Waals surface area contributed by atoms with Gasteiger partial charge in [-0.25, -0.2) is 9.59 Å². The first kappa shape index (κ1) is 13.8. The molecule has 1 rings (SSSR count). The average Bonchev–Trinajstić information content (AvgIpc) is 2.57. The van der Waals surface area contributed by atoms with Crippen LogP contribution in [-0.4, -0.2) is 47.0 Å². The Morgan fingerprint density at radius 1 is 1.29 bits per heavy atom. The maximum Gasteiger partial charge on any atom is 0.413 e. The first-order chi connectivity index (χ1) is 7.76. The van der Waals surface area contributed by atoms with Gasteiger partial charge in [-0.1, -0.05) is 0 Å². The highest BCUT2D eigenvalue weighted by molar-refractivity contribution is 5.81. The topological polar surface area (TPSA) is 76.1 Å². The van der Waals surface area contributed by atoms with Crippen molar-refractivity contribution in [2.75, 3.05) is 7.11 Å². The van der Waals surface area contributed by atoms with Crippen LogP contribution in [0.1, 0.15) is 33.6 Å². The fraction of sp³-hybridized carbons (Fsp3) is 0.818. The Labute approximate surface area is 100 Å². The van der Waals surface area contributed by atoms with Crippen molar-refractivity contribution >= 4 is 12.1 Å². The predicted octanol–water partition coefficient (Wildman–Crippen LogP) is 1.44. The van der Waals surface area contributed by atoms with Gasteiger partial charge in [0.2, 0.25) is 0 Å². The van der Waals surface area contributed by atoms with Crippen molar-refractivity contribution in [3.8, 4) is 0 Å². The molecule has 1 amide bonds. The molecule has 0 saturated carbocycles. The lowest BCUT2D eigenvalue weighted by Crippen LogP contribution is -2.47. The van der Waals surface area contributed by atoms with E-state index in [-0.39, 0.29) is 0 Å². The van der Waals surface area contributed by atoms with E-state index < -0.39 is 29.9 Å². The zero-order valence-electron chi connectivity index (χ0n) is 10.6. The summed E-state index contributed by atoms with van der Waals surface area (Å²) in [6.45, 7) is 5.20. The van der Waals surface area contributed by atoms with Crippen molar-refractivity contribution in [3.05, 3.63) is 0 Å². The number of hydrogen-bond donors (Lipinski definition) is 1. The lowest BCUT2D eigenvalue weighted by Gasteiger charge is -2.30. The minimum atomic E-state index is -1.03. The molecule has 1 heterocycles. The summed E-state index contributed by atoms with van der Waals surface area (Å²) < 4.78 is 10.3. The normalized spacial score (nSPS) is 24.8. The number of carbonyl (C=O) groups excluding carboxylic acids is 1. The number of methoxy groups -OCH3 is 1. The second kappa shape index (κ2) is 4.91. The van der Waals surface area contributed by atoms with Gasteiger partial charge in [0, 0.05) is 7.11 Å². The van der Waals surface area contributed by atoms with Crippen molar-refractivity contribution < 1.29 is 24.2 Å². The molecule has 17 heavy (non-hydrogen) atoms. The highest BCUT2D eigenvalue weighted by Crippen LogP contribution is 2.27. The van der Waals surface area contributed by atoms with Gasteiger partial charge in [0.15, 0.2) is 0 Å². The predicted molar refractivity (Wildman–Crippen MR) is 59.5 cm³/mol. The molecule has 1 aliphatic heterocycles. The van der Waals surface area contributed by atoms with Crippen molar-refractivity contribution in [2.45, 2.75) is 51.5 Å². The standard InChI is InChI=1S/C11H19NO5/c1-11(2,3)17-10(15)12-7(9(13)14)5-6-8(12)16-4/h7-8H,5-6H2,1-4H3,(H,13,14)/t7-,8?/m0/s1. The van der Waals surface area contributed by atoms with Gasteiger partial charge in [-0.05, 0) is 33.6 Å². The second-order valence-electron chi connectivity index (χ2n) is 5.01. The smallest absolute Gasteiger partial charge is 0.413 e. The van der Waals surface area contributed by atoms with Crippen molar-refractivity contribution in [1.82, 2.24) is 4.90 Å². The van der Waals surface area contributed by atoms with E-state index in [1.165, 1.54) is 7.11 Å². The molecule has 0 aliphatic carbocycles. The lowest BCUT2D eigenvalue weighted by molar-refractivity contribution is -0.144. The van der Waals surface area contributed by atoms with Crippen LogP contribution in [0, 0.1) is 0 Å². The van der Waals surface area contributed by atoms with Crippen molar-refractivity contribution in [3.63, 3.8) is 0 Å². The van der Waals surface area contributed by atoms with Crippen LogP contribution >= 0.6 is 0 Å². The fourth-order valence-corrected chi connectivity index (χ4v) is 1.81. The summed E-state index contributed by atoms with van der Waals surface area (Å²) in [6, 6.07) is -0.866. The summed E-state index contributed by atoms with van der Waals surface area (Å²) in [5, 5.41) is 9.04. The Morgan fingerprint density at radius 3 is 2.29 bits per heavy atom. The van der Waals surface area contributed by atoms with E-state index in [0.717, 1.165) is 4.90 Å². The third kappa shape index (κ3) is 3.33. The number of nitrogens with zero attached hydrogens (tertiary/aromatic N) is 1. The summed E-state index contributed by atoms with van der Waals surface area (Å²) in [7, 11) is 1.45. The Bertz CT molecular complexity index is 309. The number of carboxylic acids is 1. The molecule has 1 unspecified atom stereocenters. The van der Waals surface area contributed by atoms with Crippen LogP contribution in [0.2, 0.25) is 0 Å². The Morgan fingerprint density at radius 2 is 1.88 bits per heavy atom. The molecule has 1 aliphatic rings. The van der Waals surface area contributed by atoms with Gasteiger partial charge < -0.3 is 14.6 Å². The van der Waals surface area contributed by atoms with Gasteiger partial charge in [0.1, 0.15) is 17.9 Å². The number of carbonyl (C=O) groups is 2. The van der Waals surface area contributed by atoms with Gasteiger partial charge in [-0.3, -0.25) is 4.90 Å². The SMILES string of the molecule is COC1CC[C@@H](C(=O)O)N1C(=O)OC(C)(C)C. The molecule has 0 bridgehead atoms. The molecule has 1 N–H and O–H groups in total. The van der Waals surface area contributed by atoms with Crippen LogP contribution in [0.15, 0.2) is 0 Å². The van der Waals surface area contributed by atoms with Crippen LogP contribution in [0.3, 0.4) is 0 Å². The van der Waals surface area contributed by atoms with E-state index >= 15 is 0 Å². The summed E-state index contributed by atoms with van der Waals surface area (Å²) in [6.07, 6.45) is -0.278. The third-order valence-corrected chi connectivity index (χ3v) is 2.49. The summed E-state index contributed by atoms with van der Waals surface area (Å²) in [4.78, 5) is 24.1. The number of hydrogen-bond acceptors (Lipinski definition) is 4. The molecule has 1 fully saturated rings. The highest BCUT2D eigenvalue weighted by atomic mass is 16.6. The zero-order chi connectivity index (χ0) is 13.2. The average molecular weight is 245 g/mol. The molecule has 6 nitrogen and oxygen atoms in total. The quantitative estimate of drug-likeness (QED) is 0.796. The molecule has 98 valence electrons.